The molecule has 5 nitrogen and oxygen atoms in total. The molecule has 23 heavy (non-hydrogen) atoms. The van der Waals surface area contributed by atoms with Gasteiger partial charge in [0.25, 0.3) is 0 Å². The van der Waals surface area contributed by atoms with Crippen LogP contribution in [0.25, 0.3) is 10.1 Å². The van der Waals surface area contributed by atoms with Gasteiger partial charge in [-0.1, -0.05) is 0 Å². The SMILES string of the molecule is CC(=O)Oc1csc2cc(OCc3ncc(C)nc3C)ccc12. The predicted octanol–water partition coefficient (Wildman–Crippen LogP) is 3.81. The molecule has 0 aliphatic carbocycles. The van der Waals surface area contributed by atoms with E-state index in [1.165, 1.54) is 18.3 Å². The fourth-order valence-corrected chi connectivity index (χ4v) is 3.11. The zero-order chi connectivity index (χ0) is 16.4. The third-order valence-electron chi connectivity index (χ3n) is 3.31. The van der Waals surface area contributed by atoms with Crippen molar-refractivity contribution in [2.45, 2.75) is 27.4 Å². The second-order valence-electron chi connectivity index (χ2n) is 5.18. The summed E-state index contributed by atoms with van der Waals surface area (Å²) in [6.07, 6.45) is 1.74. The number of esters is 1. The Morgan fingerprint density at radius 2 is 2.13 bits per heavy atom. The molecule has 0 N–H and O–H groups in total. The third kappa shape index (κ3) is 3.48. The van der Waals surface area contributed by atoms with E-state index in [9.17, 15) is 4.79 Å². The van der Waals surface area contributed by atoms with Crippen molar-refractivity contribution in [1.82, 2.24) is 9.97 Å². The smallest absolute Gasteiger partial charge is 0.308 e. The molecule has 3 rings (SSSR count). The molecule has 0 unspecified atom stereocenters. The topological polar surface area (TPSA) is 61.3 Å². The quantitative estimate of drug-likeness (QED) is 0.682. The summed E-state index contributed by atoms with van der Waals surface area (Å²) in [6.45, 7) is 5.60. The van der Waals surface area contributed by atoms with Crippen LogP contribution in [0.5, 0.6) is 11.5 Å². The average molecular weight is 328 g/mol. The lowest BCUT2D eigenvalue weighted by Crippen LogP contribution is -2.03. The van der Waals surface area contributed by atoms with Crippen LogP contribution in [0.2, 0.25) is 0 Å². The predicted molar refractivity (Wildman–Crippen MR) is 89.0 cm³/mol. The number of carbonyl (C=O) groups excluding carboxylic acids is 1. The zero-order valence-corrected chi connectivity index (χ0v) is 13.9. The van der Waals surface area contributed by atoms with Crippen molar-refractivity contribution in [2.24, 2.45) is 0 Å². The van der Waals surface area contributed by atoms with E-state index in [1.54, 1.807) is 6.20 Å². The lowest BCUT2D eigenvalue weighted by molar-refractivity contribution is -0.131. The summed E-state index contributed by atoms with van der Waals surface area (Å²) in [4.78, 5) is 19.8. The molecule has 0 spiro atoms. The number of ether oxygens (including phenoxy) is 2. The van der Waals surface area contributed by atoms with E-state index in [4.69, 9.17) is 9.47 Å². The molecule has 0 aliphatic rings. The second-order valence-corrected chi connectivity index (χ2v) is 6.09. The Bertz CT molecular complexity index is 873. The molecule has 0 fully saturated rings. The number of rotatable bonds is 4. The van der Waals surface area contributed by atoms with E-state index in [-0.39, 0.29) is 5.97 Å². The lowest BCUT2D eigenvalue weighted by Gasteiger charge is -2.08. The van der Waals surface area contributed by atoms with Crippen LogP contribution in [-0.2, 0) is 11.4 Å². The summed E-state index contributed by atoms with van der Waals surface area (Å²) in [7, 11) is 0. The molecule has 118 valence electrons. The van der Waals surface area contributed by atoms with Crippen molar-refractivity contribution in [2.75, 3.05) is 0 Å². The van der Waals surface area contributed by atoms with Crippen molar-refractivity contribution in [3.05, 3.63) is 46.9 Å². The van der Waals surface area contributed by atoms with Crippen LogP contribution in [0.4, 0.5) is 0 Å². The lowest BCUT2D eigenvalue weighted by atomic mass is 10.2. The van der Waals surface area contributed by atoms with E-state index in [0.29, 0.717) is 12.4 Å². The number of benzene rings is 1. The first-order valence-electron chi connectivity index (χ1n) is 7.14. The van der Waals surface area contributed by atoms with Crippen LogP contribution in [0, 0.1) is 13.8 Å². The van der Waals surface area contributed by atoms with Crippen molar-refractivity contribution in [1.29, 1.82) is 0 Å². The number of carbonyl (C=O) groups is 1. The summed E-state index contributed by atoms with van der Waals surface area (Å²) in [5.41, 5.74) is 2.59. The molecule has 0 atom stereocenters. The summed E-state index contributed by atoms with van der Waals surface area (Å²) >= 11 is 1.51. The molecule has 0 amide bonds. The summed E-state index contributed by atoms with van der Waals surface area (Å²) in [5.74, 6) is 1.01. The Balaban J connectivity index is 1.77. The number of fused-ring (bicyclic) bond motifs is 1. The number of aromatic nitrogens is 2. The van der Waals surface area contributed by atoms with Gasteiger partial charge >= 0.3 is 5.97 Å². The van der Waals surface area contributed by atoms with Gasteiger partial charge in [-0.3, -0.25) is 14.8 Å². The largest absolute Gasteiger partial charge is 0.487 e. The van der Waals surface area contributed by atoms with Gasteiger partial charge in [0.05, 0.1) is 17.1 Å². The first-order valence-corrected chi connectivity index (χ1v) is 8.02. The van der Waals surface area contributed by atoms with E-state index in [0.717, 1.165) is 32.9 Å². The van der Waals surface area contributed by atoms with Gasteiger partial charge in [-0.25, -0.2) is 0 Å². The Hall–Kier alpha value is -2.47. The van der Waals surface area contributed by atoms with Gasteiger partial charge in [0.15, 0.2) is 0 Å². The van der Waals surface area contributed by atoms with Crippen molar-refractivity contribution < 1.29 is 14.3 Å². The minimum Gasteiger partial charge on any atom is -0.487 e. The standard InChI is InChI=1S/C17H16N2O3S/c1-10-7-18-15(11(2)19-10)8-21-13-4-5-14-16(22-12(3)20)9-23-17(14)6-13/h4-7,9H,8H2,1-3H3. The maximum absolute atomic E-state index is 11.1. The van der Waals surface area contributed by atoms with Crippen molar-refractivity contribution in [3.63, 3.8) is 0 Å². The van der Waals surface area contributed by atoms with Crippen LogP contribution >= 0.6 is 11.3 Å². The highest BCUT2D eigenvalue weighted by atomic mass is 32.1. The second kappa shape index (κ2) is 6.34. The molecule has 0 radical (unpaired) electrons. The van der Waals surface area contributed by atoms with Crippen LogP contribution in [0.3, 0.4) is 0 Å². The van der Waals surface area contributed by atoms with Gasteiger partial charge in [-0.05, 0) is 32.0 Å². The average Bonchev–Trinajstić information content (AvgIpc) is 2.88. The molecular formula is C17H16N2O3S. The van der Waals surface area contributed by atoms with Crippen molar-refractivity contribution in [3.8, 4) is 11.5 Å². The maximum atomic E-state index is 11.1. The number of hydrogen-bond acceptors (Lipinski definition) is 6. The summed E-state index contributed by atoms with van der Waals surface area (Å²) in [6, 6.07) is 5.69. The minimum absolute atomic E-state index is 0.321. The van der Waals surface area contributed by atoms with Crippen LogP contribution in [-0.4, -0.2) is 15.9 Å². The Morgan fingerprint density at radius 1 is 1.30 bits per heavy atom. The minimum atomic E-state index is -0.321. The highest BCUT2D eigenvalue weighted by molar-refractivity contribution is 7.17. The first-order chi connectivity index (χ1) is 11.0. The molecule has 1 aromatic carbocycles. The highest BCUT2D eigenvalue weighted by Crippen LogP contribution is 2.34. The molecule has 2 heterocycles. The molecule has 0 saturated carbocycles. The van der Waals surface area contributed by atoms with Crippen molar-refractivity contribution >= 4 is 27.4 Å². The fraction of sp³-hybridized carbons (Fsp3) is 0.235. The molecule has 0 saturated heterocycles. The van der Waals surface area contributed by atoms with Gasteiger partial charge in [-0.2, -0.15) is 0 Å². The zero-order valence-electron chi connectivity index (χ0n) is 13.1. The Morgan fingerprint density at radius 3 is 2.87 bits per heavy atom. The van der Waals surface area contributed by atoms with Gasteiger partial charge in [-0.15, -0.1) is 11.3 Å². The highest BCUT2D eigenvalue weighted by Gasteiger charge is 2.09. The first kappa shape index (κ1) is 15.4. The molecule has 2 aromatic heterocycles. The molecule has 0 bridgehead atoms. The third-order valence-corrected chi connectivity index (χ3v) is 4.23. The molecular weight excluding hydrogens is 312 g/mol. The number of hydrogen-bond donors (Lipinski definition) is 0. The van der Waals surface area contributed by atoms with Crippen LogP contribution in [0.1, 0.15) is 24.0 Å². The van der Waals surface area contributed by atoms with E-state index in [2.05, 4.69) is 9.97 Å². The normalized spacial score (nSPS) is 10.7. The Labute approximate surface area is 137 Å². The van der Waals surface area contributed by atoms with E-state index < -0.39 is 0 Å². The number of nitrogens with zero attached hydrogens (tertiary/aromatic N) is 2. The van der Waals surface area contributed by atoms with E-state index in [1.807, 2.05) is 37.4 Å². The van der Waals surface area contributed by atoms with Crippen LogP contribution in [0.15, 0.2) is 29.8 Å². The molecule has 6 heteroatoms. The molecule has 0 aliphatic heterocycles. The van der Waals surface area contributed by atoms with Crippen LogP contribution < -0.4 is 9.47 Å². The molecule has 3 aromatic rings. The fourth-order valence-electron chi connectivity index (χ4n) is 2.22. The van der Waals surface area contributed by atoms with Gasteiger partial charge < -0.3 is 9.47 Å². The number of aryl methyl sites for hydroxylation is 2. The summed E-state index contributed by atoms with van der Waals surface area (Å²) < 4.78 is 12.0. The summed E-state index contributed by atoms with van der Waals surface area (Å²) in [5, 5.41) is 2.73. The van der Waals surface area contributed by atoms with Gasteiger partial charge in [0.1, 0.15) is 18.1 Å². The monoisotopic (exact) mass is 328 g/mol. The Kier molecular flexibility index (Phi) is 4.25. The van der Waals surface area contributed by atoms with Gasteiger partial charge in [0, 0.05) is 28.6 Å². The number of thiophene rings is 1. The van der Waals surface area contributed by atoms with Gasteiger partial charge in [0.2, 0.25) is 0 Å². The van der Waals surface area contributed by atoms with E-state index >= 15 is 0 Å². The maximum Gasteiger partial charge on any atom is 0.308 e.